The van der Waals surface area contributed by atoms with Gasteiger partial charge in [-0.25, -0.2) is 4.98 Å². The number of aryl methyl sites for hydroxylation is 2. The van der Waals surface area contributed by atoms with E-state index in [0.29, 0.717) is 37.1 Å². The van der Waals surface area contributed by atoms with E-state index in [2.05, 4.69) is 15.2 Å². The molecule has 5 rings (SSSR count). The van der Waals surface area contributed by atoms with E-state index >= 15 is 0 Å². The Morgan fingerprint density at radius 2 is 1.89 bits per heavy atom. The zero-order valence-electron chi connectivity index (χ0n) is 20.2. The van der Waals surface area contributed by atoms with Crippen LogP contribution in [0.1, 0.15) is 37.5 Å². The summed E-state index contributed by atoms with van der Waals surface area (Å²) in [6, 6.07) is 16.1. The Morgan fingerprint density at radius 1 is 1.11 bits per heavy atom. The van der Waals surface area contributed by atoms with E-state index in [4.69, 9.17) is 4.74 Å². The first kappa shape index (κ1) is 25.1. The lowest BCUT2D eigenvalue weighted by molar-refractivity contribution is -0.117. The molecule has 1 aliphatic heterocycles. The number of thioether (sulfide) groups is 1. The minimum atomic E-state index is -0.906. The zero-order valence-corrected chi connectivity index (χ0v) is 22.6. The molecule has 0 fully saturated rings. The quantitative estimate of drug-likeness (QED) is 0.169. The van der Waals surface area contributed by atoms with Crippen molar-refractivity contribution >= 4 is 51.3 Å². The number of aliphatic hydroxyl groups is 1. The fourth-order valence-corrected chi connectivity index (χ4v) is 6.80. The molecule has 1 atom stereocenters. The topological polar surface area (TPSA) is 106 Å². The molecule has 1 aliphatic rings. The molecule has 8 nitrogen and oxygen atoms in total. The molecule has 0 spiro atoms. The Hall–Kier alpha value is -3.54. The summed E-state index contributed by atoms with van der Waals surface area (Å²) in [6.45, 7) is 3.55. The van der Waals surface area contributed by atoms with Crippen LogP contribution < -0.4 is 9.64 Å². The number of ketones is 1. The summed E-state index contributed by atoms with van der Waals surface area (Å²) in [5, 5.41) is 20.6. The Bertz CT molecular complexity index is 1510. The molecule has 2 aromatic carbocycles. The predicted molar refractivity (Wildman–Crippen MR) is 145 cm³/mol. The van der Waals surface area contributed by atoms with Crippen molar-refractivity contribution in [2.45, 2.75) is 30.0 Å². The zero-order chi connectivity index (χ0) is 26.1. The van der Waals surface area contributed by atoms with Crippen molar-refractivity contribution in [3.8, 4) is 5.75 Å². The first-order valence-corrected chi connectivity index (χ1v) is 13.9. The summed E-state index contributed by atoms with van der Waals surface area (Å²) >= 11 is 3.97. The van der Waals surface area contributed by atoms with E-state index in [1.54, 1.807) is 38.3 Å². The number of aromatic nitrogens is 3. The maximum atomic E-state index is 13.7. The Labute approximate surface area is 225 Å². The van der Waals surface area contributed by atoms with Gasteiger partial charge < -0.3 is 9.84 Å². The van der Waals surface area contributed by atoms with Crippen LogP contribution >= 0.6 is 34.4 Å². The Morgan fingerprint density at radius 3 is 2.59 bits per heavy atom. The minimum absolute atomic E-state index is 0.0151. The van der Waals surface area contributed by atoms with Crippen LogP contribution in [-0.2, 0) is 10.5 Å². The van der Waals surface area contributed by atoms with E-state index in [-0.39, 0.29) is 5.57 Å². The number of thiazole rings is 1. The highest BCUT2D eigenvalue weighted by Gasteiger charge is 2.46. The van der Waals surface area contributed by atoms with E-state index in [0.717, 1.165) is 10.6 Å². The first-order valence-electron chi connectivity index (χ1n) is 11.3. The third kappa shape index (κ3) is 4.89. The van der Waals surface area contributed by atoms with Gasteiger partial charge in [-0.3, -0.25) is 14.5 Å². The fourth-order valence-electron chi connectivity index (χ4n) is 4.10. The van der Waals surface area contributed by atoms with E-state index in [1.807, 2.05) is 37.3 Å². The standard InChI is InChI=1S/C26H22N4O4S3/c1-14-23(36-15(2)27-14)21(31)19-20(17-10-7-11-18(12-17)34-3)30(24(33)22(19)32)25-28-29-26(37-25)35-13-16-8-5-4-6-9-16/h4-12,20,32H,13H2,1-3H3. The lowest BCUT2D eigenvalue weighted by atomic mass is 9.95. The summed E-state index contributed by atoms with van der Waals surface area (Å²) < 4.78 is 6.06. The second kappa shape index (κ2) is 10.4. The highest BCUT2D eigenvalue weighted by atomic mass is 32.2. The number of carbonyl (C=O) groups is 2. The van der Waals surface area contributed by atoms with Crippen molar-refractivity contribution in [3.63, 3.8) is 0 Å². The van der Waals surface area contributed by atoms with Gasteiger partial charge in [0.25, 0.3) is 5.91 Å². The van der Waals surface area contributed by atoms with Crippen molar-refractivity contribution in [1.29, 1.82) is 0 Å². The van der Waals surface area contributed by atoms with Gasteiger partial charge in [0.1, 0.15) is 5.75 Å². The minimum Gasteiger partial charge on any atom is -0.503 e. The highest BCUT2D eigenvalue weighted by Crippen LogP contribution is 2.45. The molecule has 3 heterocycles. The highest BCUT2D eigenvalue weighted by molar-refractivity contribution is 8.00. The van der Waals surface area contributed by atoms with Crippen LogP contribution in [0.15, 0.2) is 70.3 Å². The molecular formula is C26H22N4O4S3. The molecule has 0 saturated heterocycles. The number of carbonyl (C=O) groups excluding carboxylic acids is 2. The van der Waals surface area contributed by atoms with Gasteiger partial charge >= 0.3 is 0 Å². The monoisotopic (exact) mass is 550 g/mol. The van der Waals surface area contributed by atoms with Crippen molar-refractivity contribution in [3.05, 3.63) is 92.6 Å². The SMILES string of the molecule is COc1cccc(C2C(C(=O)c3sc(C)nc3C)=C(O)C(=O)N2c2nnc(SCc3ccccc3)s2)c1. The maximum absolute atomic E-state index is 13.7. The second-order valence-corrected chi connectivity index (χ2v) is 11.6. The molecule has 4 aromatic rings. The normalized spacial score (nSPS) is 15.5. The summed E-state index contributed by atoms with van der Waals surface area (Å²) in [6.07, 6.45) is 0. The average Bonchev–Trinajstić information content (AvgIpc) is 3.59. The number of aliphatic hydroxyl groups excluding tert-OH is 1. The molecule has 1 unspecified atom stereocenters. The molecule has 0 aliphatic carbocycles. The number of benzene rings is 2. The fraction of sp³-hybridized carbons (Fsp3) is 0.192. The molecule has 0 bridgehead atoms. The largest absolute Gasteiger partial charge is 0.503 e. The van der Waals surface area contributed by atoms with E-state index in [9.17, 15) is 14.7 Å². The van der Waals surface area contributed by atoms with Gasteiger partial charge in [-0.2, -0.15) is 0 Å². The van der Waals surface area contributed by atoms with Gasteiger partial charge in [0.05, 0.1) is 34.3 Å². The third-order valence-electron chi connectivity index (χ3n) is 5.78. The van der Waals surface area contributed by atoms with Crippen LogP contribution in [0.5, 0.6) is 5.75 Å². The summed E-state index contributed by atoms with van der Waals surface area (Å²) in [5.41, 5.74) is 2.28. The lowest BCUT2D eigenvalue weighted by Gasteiger charge is -2.24. The van der Waals surface area contributed by atoms with E-state index in [1.165, 1.54) is 39.3 Å². The number of hydrogen-bond acceptors (Lipinski definition) is 10. The number of Topliss-reactive ketones (excluding diaryl/α,β-unsaturated/α-hetero) is 1. The van der Waals surface area contributed by atoms with Gasteiger partial charge in [0.2, 0.25) is 10.9 Å². The third-order valence-corrected chi connectivity index (χ3v) is 8.98. The molecule has 1 N–H and O–H groups in total. The number of nitrogens with zero attached hydrogens (tertiary/aromatic N) is 4. The summed E-state index contributed by atoms with van der Waals surface area (Å²) in [7, 11) is 1.54. The lowest BCUT2D eigenvalue weighted by Crippen LogP contribution is -2.31. The number of methoxy groups -OCH3 is 1. The van der Waals surface area contributed by atoms with Crippen LogP contribution in [-0.4, -0.2) is 39.1 Å². The van der Waals surface area contributed by atoms with Gasteiger partial charge in [-0.05, 0) is 37.1 Å². The van der Waals surface area contributed by atoms with Crippen LogP contribution in [0.2, 0.25) is 0 Å². The maximum Gasteiger partial charge on any atom is 0.296 e. The van der Waals surface area contributed by atoms with Gasteiger partial charge in [0, 0.05) is 5.75 Å². The summed E-state index contributed by atoms with van der Waals surface area (Å²) in [4.78, 5) is 33.2. The van der Waals surface area contributed by atoms with Crippen molar-refractivity contribution in [2.75, 3.05) is 12.0 Å². The molecule has 11 heteroatoms. The first-order chi connectivity index (χ1) is 17.9. The van der Waals surface area contributed by atoms with Gasteiger partial charge in [-0.15, -0.1) is 21.5 Å². The van der Waals surface area contributed by atoms with Gasteiger partial charge in [-0.1, -0.05) is 65.6 Å². The molecule has 188 valence electrons. The van der Waals surface area contributed by atoms with Crippen molar-refractivity contribution in [1.82, 2.24) is 15.2 Å². The molecule has 0 radical (unpaired) electrons. The van der Waals surface area contributed by atoms with E-state index < -0.39 is 23.5 Å². The van der Waals surface area contributed by atoms with Crippen molar-refractivity contribution < 1.29 is 19.4 Å². The Balaban J connectivity index is 1.54. The molecule has 2 aromatic heterocycles. The average molecular weight is 551 g/mol. The molecule has 1 amide bonds. The second-order valence-electron chi connectivity index (χ2n) is 8.22. The smallest absolute Gasteiger partial charge is 0.296 e. The number of rotatable bonds is 8. The molecular weight excluding hydrogens is 529 g/mol. The van der Waals surface area contributed by atoms with Crippen LogP contribution in [0.4, 0.5) is 5.13 Å². The number of amides is 1. The number of anilines is 1. The van der Waals surface area contributed by atoms with Crippen LogP contribution in [0, 0.1) is 13.8 Å². The summed E-state index contributed by atoms with van der Waals surface area (Å²) in [5.74, 6) is -0.487. The van der Waals surface area contributed by atoms with Crippen LogP contribution in [0.25, 0.3) is 0 Å². The van der Waals surface area contributed by atoms with Crippen molar-refractivity contribution in [2.24, 2.45) is 0 Å². The number of ether oxygens (including phenoxy) is 1. The van der Waals surface area contributed by atoms with Crippen LogP contribution in [0.3, 0.4) is 0 Å². The molecule has 37 heavy (non-hydrogen) atoms. The predicted octanol–water partition coefficient (Wildman–Crippen LogP) is 5.70. The molecule has 0 saturated carbocycles. The van der Waals surface area contributed by atoms with Gasteiger partial charge in [0.15, 0.2) is 10.1 Å². The Kier molecular flexibility index (Phi) is 7.09. The number of hydrogen-bond donors (Lipinski definition) is 1.